The van der Waals surface area contributed by atoms with Gasteiger partial charge < -0.3 is 10.1 Å². The van der Waals surface area contributed by atoms with Crippen LogP contribution >= 0.6 is 0 Å². The molecule has 1 aliphatic rings. The molecule has 1 atom stereocenters. The Morgan fingerprint density at radius 2 is 1.90 bits per heavy atom. The number of ether oxygens (including phenoxy) is 1. The minimum absolute atomic E-state index is 0.0418. The number of hydrogen-bond donors (Lipinski definition) is 1. The van der Waals surface area contributed by atoms with Gasteiger partial charge in [0.1, 0.15) is 6.10 Å². The molecule has 0 spiro atoms. The largest absolute Gasteiger partial charge is 0.369 e. The van der Waals surface area contributed by atoms with Gasteiger partial charge in [-0.1, -0.05) is 30.3 Å². The van der Waals surface area contributed by atoms with E-state index in [0.717, 1.165) is 11.3 Å². The van der Waals surface area contributed by atoms with E-state index in [2.05, 4.69) is 23.5 Å². The molecule has 1 N–H and O–H groups in total. The summed E-state index contributed by atoms with van der Waals surface area (Å²) < 4.78 is 5.90. The van der Waals surface area contributed by atoms with Crippen LogP contribution in [0.3, 0.4) is 0 Å². The molecule has 0 saturated heterocycles. The molecule has 3 heteroatoms. The van der Waals surface area contributed by atoms with Crippen LogP contribution in [0.2, 0.25) is 0 Å². The van der Waals surface area contributed by atoms with Crippen LogP contribution in [0.5, 0.6) is 0 Å². The third-order valence-electron chi connectivity index (χ3n) is 3.52. The minimum Gasteiger partial charge on any atom is -0.369 e. The molecular formula is C17H17NO2. The van der Waals surface area contributed by atoms with Crippen molar-refractivity contribution in [2.75, 3.05) is 11.9 Å². The van der Waals surface area contributed by atoms with Gasteiger partial charge in [0.2, 0.25) is 5.91 Å². The Bertz CT molecular complexity index is 664. The van der Waals surface area contributed by atoms with Crippen molar-refractivity contribution in [1.29, 1.82) is 0 Å². The Balaban J connectivity index is 2.09. The van der Waals surface area contributed by atoms with Gasteiger partial charge in [-0.05, 0) is 41.3 Å². The van der Waals surface area contributed by atoms with Gasteiger partial charge >= 0.3 is 0 Å². The van der Waals surface area contributed by atoms with Crippen molar-refractivity contribution in [3.63, 3.8) is 0 Å². The van der Waals surface area contributed by atoms with Crippen LogP contribution < -0.4 is 5.32 Å². The number of benzene rings is 2. The van der Waals surface area contributed by atoms with E-state index >= 15 is 0 Å². The first-order valence-corrected chi connectivity index (χ1v) is 6.83. The number of hydrogen-bond acceptors (Lipinski definition) is 2. The summed E-state index contributed by atoms with van der Waals surface area (Å²) in [7, 11) is 0. The molecule has 0 heterocycles. The first kappa shape index (κ1) is 12.9. The fourth-order valence-corrected chi connectivity index (χ4v) is 2.79. The Kier molecular flexibility index (Phi) is 3.28. The Hall–Kier alpha value is -2.13. The SMILES string of the molecule is CCOC1c2ccccc2-c2ccc(NC(C)=O)cc21. The van der Waals surface area contributed by atoms with Gasteiger partial charge in [-0.2, -0.15) is 0 Å². The van der Waals surface area contributed by atoms with Crippen LogP contribution in [-0.2, 0) is 9.53 Å². The smallest absolute Gasteiger partial charge is 0.221 e. The zero-order valence-electron chi connectivity index (χ0n) is 11.6. The molecule has 0 aliphatic heterocycles. The molecule has 0 saturated carbocycles. The van der Waals surface area contributed by atoms with Gasteiger partial charge in [0.05, 0.1) is 0 Å². The summed E-state index contributed by atoms with van der Waals surface area (Å²) >= 11 is 0. The topological polar surface area (TPSA) is 38.3 Å². The maximum atomic E-state index is 11.2. The molecule has 2 aromatic rings. The highest BCUT2D eigenvalue weighted by molar-refractivity contribution is 5.90. The first-order chi connectivity index (χ1) is 9.70. The summed E-state index contributed by atoms with van der Waals surface area (Å²) in [6, 6.07) is 14.3. The second-order valence-corrected chi connectivity index (χ2v) is 4.91. The molecule has 3 rings (SSSR count). The lowest BCUT2D eigenvalue weighted by Gasteiger charge is -2.14. The number of carbonyl (C=O) groups excluding carboxylic acids is 1. The van der Waals surface area contributed by atoms with E-state index in [1.807, 2.05) is 31.2 Å². The van der Waals surface area contributed by atoms with Crippen LogP contribution in [0.1, 0.15) is 31.1 Å². The van der Waals surface area contributed by atoms with Crippen LogP contribution in [0, 0.1) is 0 Å². The number of nitrogens with one attached hydrogen (secondary N) is 1. The average Bonchev–Trinajstić information content (AvgIpc) is 2.73. The number of anilines is 1. The normalized spacial score (nSPS) is 15.6. The van der Waals surface area contributed by atoms with E-state index in [1.54, 1.807) is 0 Å². The Labute approximate surface area is 118 Å². The molecular weight excluding hydrogens is 250 g/mol. The lowest BCUT2D eigenvalue weighted by atomic mass is 10.1. The van der Waals surface area contributed by atoms with E-state index in [9.17, 15) is 4.79 Å². The lowest BCUT2D eigenvalue weighted by molar-refractivity contribution is -0.114. The van der Waals surface area contributed by atoms with E-state index < -0.39 is 0 Å². The van der Waals surface area contributed by atoms with Crippen molar-refractivity contribution in [2.45, 2.75) is 20.0 Å². The van der Waals surface area contributed by atoms with Crippen molar-refractivity contribution in [2.24, 2.45) is 0 Å². The highest BCUT2D eigenvalue weighted by Crippen LogP contribution is 2.46. The molecule has 102 valence electrons. The molecule has 2 aromatic carbocycles. The summed E-state index contributed by atoms with van der Waals surface area (Å²) in [5, 5.41) is 2.83. The zero-order valence-corrected chi connectivity index (χ0v) is 11.6. The van der Waals surface area contributed by atoms with Crippen molar-refractivity contribution in [3.05, 3.63) is 53.6 Å². The monoisotopic (exact) mass is 267 g/mol. The second kappa shape index (κ2) is 5.10. The second-order valence-electron chi connectivity index (χ2n) is 4.91. The minimum atomic E-state index is -0.0616. The fourth-order valence-electron chi connectivity index (χ4n) is 2.79. The highest BCUT2D eigenvalue weighted by Gasteiger charge is 2.28. The molecule has 0 aromatic heterocycles. The summed E-state index contributed by atoms with van der Waals surface area (Å²) in [6.07, 6.45) is -0.0418. The van der Waals surface area contributed by atoms with Gasteiger partial charge in [0, 0.05) is 19.2 Å². The molecule has 1 aliphatic carbocycles. The molecule has 1 amide bonds. The van der Waals surface area contributed by atoms with Gasteiger partial charge in [-0.3, -0.25) is 4.79 Å². The van der Waals surface area contributed by atoms with Crippen LogP contribution in [-0.4, -0.2) is 12.5 Å². The van der Waals surface area contributed by atoms with E-state index in [4.69, 9.17) is 4.74 Å². The van der Waals surface area contributed by atoms with Crippen LogP contribution in [0.25, 0.3) is 11.1 Å². The lowest BCUT2D eigenvalue weighted by Crippen LogP contribution is -2.07. The van der Waals surface area contributed by atoms with Crippen molar-refractivity contribution >= 4 is 11.6 Å². The number of amides is 1. The highest BCUT2D eigenvalue weighted by atomic mass is 16.5. The zero-order chi connectivity index (χ0) is 14.1. The van der Waals surface area contributed by atoms with Gasteiger partial charge in [0.25, 0.3) is 0 Å². The fraction of sp³-hybridized carbons (Fsp3) is 0.235. The number of carbonyl (C=O) groups is 1. The maximum absolute atomic E-state index is 11.2. The number of fused-ring (bicyclic) bond motifs is 3. The predicted molar refractivity (Wildman–Crippen MR) is 79.7 cm³/mol. The standard InChI is InChI=1S/C17H17NO2/c1-3-20-17-15-7-5-4-6-13(15)14-9-8-12(10-16(14)17)18-11(2)19/h4-10,17H,3H2,1-2H3,(H,18,19). The number of rotatable bonds is 3. The predicted octanol–water partition coefficient (Wildman–Crippen LogP) is 3.75. The molecule has 0 fully saturated rings. The molecule has 3 nitrogen and oxygen atoms in total. The molecule has 0 bridgehead atoms. The van der Waals surface area contributed by atoms with Crippen molar-refractivity contribution < 1.29 is 9.53 Å². The van der Waals surface area contributed by atoms with Crippen molar-refractivity contribution in [1.82, 2.24) is 0 Å². The third-order valence-corrected chi connectivity index (χ3v) is 3.52. The molecule has 1 unspecified atom stereocenters. The summed E-state index contributed by atoms with van der Waals surface area (Å²) in [6.45, 7) is 4.17. The maximum Gasteiger partial charge on any atom is 0.221 e. The quantitative estimate of drug-likeness (QED) is 0.919. The van der Waals surface area contributed by atoms with E-state index in [1.165, 1.54) is 23.6 Å². The Morgan fingerprint density at radius 1 is 1.15 bits per heavy atom. The van der Waals surface area contributed by atoms with Crippen molar-refractivity contribution in [3.8, 4) is 11.1 Å². The average molecular weight is 267 g/mol. The van der Waals surface area contributed by atoms with Crippen LogP contribution in [0.15, 0.2) is 42.5 Å². The van der Waals surface area contributed by atoms with Crippen LogP contribution in [0.4, 0.5) is 5.69 Å². The van der Waals surface area contributed by atoms with Gasteiger partial charge in [-0.15, -0.1) is 0 Å². The first-order valence-electron chi connectivity index (χ1n) is 6.83. The van der Waals surface area contributed by atoms with Gasteiger partial charge in [-0.25, -0.2) is 0 Å². The van der Waals surface area contributed by atoms with Gasteiger partial charge in [0.15, 0.2) is 0 Å². The van der Waals surface area contributed by atoms with E-state index in [-0.39, 0.29) is 12.0 Å². The molecule has 20 heavy (non-hydrogen) atoms. The summed E-state index contributed by atoms with van der Waals surface area (Å²) in [5.74, 6) is -0.0616. The van der Waals surface area contributed by atoms with E-state index in [0.29, 0.717) is 6.61 Å². The third kappa shape index (κ3) is 2.10. The Morgan fingerprint density at radius 3 is 2.65 bits per heavy atom. The summed E-state index contributed by atoms with van der Waals surface area (Å²) in [5.41, 5.74) is 5.54. The summed E-state index contributed by atoms with van der Waals surface area (Å²) in [4.78, 5) is 11.2. The molecule has 0 radical (unpaired) electrons.